The van der Waals surface area contributed by atoms with E-state index in [1.165, 1.54) is 5.56 Å². The largest absolute Gasteiger partial charge is 0.293 e. The molecule has 0 N–H and O–H groups in total. The summed E-state index contributed by atoms with van der Waals surface area (Å²) in [7, 11) is 0. The number of hydrogen-bond donors (Lipinski definition) is 0. The lowest BCUT2D eigenvalue weighted by Crippen LogP contribution is -2.30. The highest BCUT2D eigenvalue weighted by Gasteiger charge is 2.07. The molecule has 76 valence electrons. The first-order valence-corrected chi connectivity index (χ1v) is 5.13. The van der Waals surface area contributed by atoms with Crippen LogP contribution in [-0.2, 0) is 6.54 Å². The van der Waals surface area contributed by atoms with E-state index in [1.807, 2.05) is 6.08 Å². The Hall–Kier alpha value is -1.08. The summed E-state index contributed by atoms with van der Waals surface area (Å²) in [6.45, 7) is 10.2. The van der Waals surface area contributed by atoms with Gasteiger partial charge in [0.1, 0.15) is 0 Å². The maximum Gasteiger partial charge on any atom is 0.0239 e. The number of nitrogens with zero attached hydrogens (tertiary/aromatic N) is 1. The summed E-state index contributed by atoms with van der Waals surface area (Å²) in [5, 5.41) is 0. The molecule has 0 radical (unpaired) electrons. The molecule has 0 fully saturated rings. The van der Waals surface area contributed by atoms with E-state index < -0.39 is 0 Å². The highest BCUT2D eigenvalue weighted by atomic mass is 15.1. The van der Waals surface area contributed by atoms with Gasteiger partial charge in [-0.05, 0) is 19.4 Å². The monoisotopic (exact) mass is 189 g/mol. The maximum absolute atomic E-state index is 3.78. The Kier molecular flexibility index (Phi) is 4.41. The fourth-order valence-electron chi connectivity index (χ4n) is 1.44. The van der Waals surface area contributed by atoms with E-state index in [2.05, 4.69) is 55.7 Å². The third kappa shape index (κ3) is 3.35. The third-order valence-corrected chi connectivity index (χ3v) is 2.32. The van der Waals surface area contributed by atoms with Gasteiger partial charge in [0.05, 0.1) is 0 Å². The molecule has 0 saturated carbocycles. The molecule has 0 bridgehead atoms. The van der Waals surface area contributed by atoms with Crippen molar-refractivity contribution in [2.75, 3.05) is 6.54 Å². The number of benzene rings is 1. The van der Waals surface area contributed by atoms with E-state index in [9.17, 15) is 0 Å². The topological polar surface area (TPSA) is 3.24 Å². The minimum absolute atomic E-state index is 0.563. The Morgan fingerprint density at radius 1 is 1.29 bits per heavy atom. The molecule has 0 saturated heterocycles. The van der Waals surface area contributed by atoms with E-state index in [0.29, 0.717) is 6.04 Å². The lowest BCUT2D eigenvalue weighted by Gasteiger charge is -2.24. The van der Waals surface area contributed by atoms with Crippen LogP contribution in [0.4, 0.5) is 0 Å². The van der Waals surface area contributed by atoms with Gasteiger partial charge in [-0.25, -0.2) is 0 Å². The summed E-state index contributed by atoms with van der Waals surface area (Å²) >= 11 is 0. The van der Waals surface area contributed by atoms with Gasteiger partial charge in [-0.1, -0.05) is 36.4 Å². The van der Waals surface area contributed by atoms with Crippen molar-refractivity contribution in [2.24, 2.45) is 0 Å². The highest BCUT2D eigenvalue weighted by molar-refractivity contribution is 5.14. The van der Waals surface area contributed by atoms with Crippen molar-refractivity contribution in [1.82, 2.24) is 4.90 Å². The predicted molar refractivity (Wildman–Crippen MR) is 62.2 cm³/mol. The molecule has 14 heavy (non-hydrogen) atoms. The Balaban J connectivity index is 2.60. The molecule has 0 heterocycles. The van der Waals surface area contributed by atoms with Crippen LogP contribution in [-0.4, -0.2) is 17.5 Å². The molecule has 0 amide bonds. The molecular formula is C13H19N. The average Bonchev–Trinajstić information content (AvgIpc) is 2.18. The van der Waals surface area contributed by atoms with Crippen LogP contribution < -0.4 is 0 Å². The van der Waals surface area contributed by atoms with Gasteiger partial charge in [0.15, 0.2) is 0 Å². The molecule has 1 aromatic rings. The molecule has 1 rings (SSSR count). The molecule has 1 nitrogen and oxygen atoms in total. The highest BCUT2D eigenvalue weighted by Crippen LogP contribution is 2.07. The first kappa shape index (κ1) is 11.0. The second-order valence-corrected chi connectivity index (χ2v) is 3.80. The summed E-state index contributed by atoms with van der Waals surface area (Å²) in [6, 6.07) is 11.1. The lowest BCUT2D eigenvalue weighted by molar-refractivity contribution is 0.237. The van der Waals surface area contributed by atoms with Gasteiger partial charge >= 0.3 is 0 Å². The van der Waals surface area contributed by atoms with Gasteiger partial charge in [0, 0.05) is 19.1 Å². The SMILES string of the molecule is C=CCN(Cc1ccccc1)C(C)C. The average molecular weight is 189 g/mol. The van der Waals surface area contributed by atoms with E-state index >= 15 is 0 Å². The van der Waals surface area contributed by atoms with E-state index in [0.717, 1.165) is 13.1 Å². The van der Waals surface area contributed by atoms with Crippen molar-refractivity contribution < 1.29 is 0 Å². The van der Waals surface area contributed by atoms with Crippen LogP contribution in [0.1, 0.15) is 19.4 Å². The van der Waals surface area contributed by atoms with Gasteiger partial charge in [-0.3, -0.25) is 4.90 Å². The van der Waals surface area contributed by atoms with Crippen molar-refractivity contribution in [1.29, 1.82) is 0 Å². The van der Waals surface area contributed by atoms with Crippen LogP contribution in [0, 0.1) is 0 Å². The van der Waals surface area contributed by atoms with Crippen molar-refractivity contribution in [3.63, 3.8) is 0 Å². The fraction of sp³-hybridized carbons (Fsp3) is 0.385. The first-order valence-electron chi connectivity index (χ1n) is 5.13. The van der Waals surface area contributed by atoms with Crippen LogP contribution in [0.5, 0.6) is 0 Å². The van der Waals surface area contributed by atoms with Crippen molar-refractivity contribution >= 4 is 0 Å². The zero-order valence-electron chi connectivity index (χ0n) is 9.11. The molecular weight excluding hydrogens is 170 g/mol. The molecule has 0 aliphatic carbocycles. The predicted octanol–water partition coefficient (Wildman–Crippen LogP) is 3.08. The molecule has 0 atom stereocenters. The first-order chi connectivity index (χ1) is 6.74. The Bertz CT molecular complexity index is 264. The van der Waals surface area contributed by atoms with E-state index in [1.54, 1.807) is 0 Å². The molecule has 0 aliphatic rings. The van der Waals surface area contributed by atoms with Crippen molar-refractivity contribution in [3.8, 4) is 0 Å². The number of hydrogen-bond acceptors (Lipinski definition) is 1. The van der Waals surface area contributed by atoms with E-state index in [4.69, 9.17) is 0 Å². The summed E-state index contributed by atoms with van der Waals surface area (Å²) in [4.78, 5) is 2.39. The minimum atomic E-state index is 0.563. The summed E-state index contributed by atoms with van der Waals surface area (Å²) in [5.41, 5.74) is 1.36. The zero-order valence-corrected chi connectivity index (χ0v) is 9.11. The minimum Gasteiger partial charge on any atom is -0.293 e. The molecule has 1 heteroatoms. The molecule has 0 unspecified atom stereocenters. The van der Waals surface area contributed by atoms with Crippen molar-refractivity contribution in [2.45, 2.75) is 26.4 Å². The zero-order chi connectivity index (χ0) is 10.4. The second kappa shape index (κ2) is 5.61. The van der Waals surface area contributed by atoms with Gasteiger partial charge in [-0.15, -0.1) is 6.58 Å². The van der Waals surface area contributed by atoms with Crippen LogP contribution >= 0.6 is 0 Å². The molecule has 0 aromatic heterocycles. The van der Waals surface area contributed by atoms with Crippen molar-refractivity contribution in [3.05, 3.63) is 48.6 Å². The quantitative estimate of drug-likeness (QED) is 0.643. The van der Waals surface area contributed by atoms with Crippen LogP contribution in [0.2, 0.25) is 0 Å². The van der Waals surface area contributed by atoms with Crippen LogP contribution in [0.15, 0.2) is 43.0 Å². The fourth-order valence-corrected chi connectivity index (χ4v) is 1.44. The smallest absolute Gasteiger partial charge is 0.0239 e. The van der Waals surface area contributed by atoms with Gasteiger partial charge in [0.2, 0.25) is 0 Å². The summed E-state index contributed by atoms with van der Waals surface area (Å²) in [6.07, 6.45) is 1.96. The third-order valence-electron chi connectivity index (χ3n) is 2.32. The van der Waals surface area contributed by atoms with Gasteiger partial charge in [-0.2, -0.15) is 0 Å². The Morgan fingerprint density at radius 2 is 1.93 bits per heavy atom. The van der Waals surface area contributed by atoms with Crippen LogP contribution in [0.3, 0.4) is 0 Å². The lowest BCUT2D eigenvalue weighted by atomic mass is 10.2. The Morgan fingerprint density at radius 3 is 2.43 bits per heavy atom. The summed E-state index contributed by atoms with van der Waals surface area (Å²) < 4.78 is 0. The molecule has 1 aromatic carbocycles. The van der Waals surface area contributed by atoms with Crippen LogP contribution in [0.25, 0.3) is 0 Å². The molecule has 0 spiro atoms. The van der Waals surface area contributed by atoms with Gasteiger partial charge < -0.3 is 0 Å². The molecule has 0 aliphatic heterocycles. The summed E-state index contributed by atoms with van der Waals surface area (Å²) in [5.74, 6) is 0. The number of rotatable bonds is 5. The maximum atomic E-state index is 3.78. The van der Waals surface area contributed by atoms with Gasteiger partial charge in [0.25, 0.3) is 0 Å². The second-order valence-electron chi connectivity index (χ2n) is 3.80. The van der Waals surface area contributed by atoms with E-state index in [-0.39, 0.29) is 0 Å². The normalized spacial score (nSPS) is 10.9. The Labute approximate surface area is 87.1 Å². The standard InChI is InChI=1S/C13H19N/c1-4-10-14(12(2)3)11-13-8-6-5-7-9-13/h4-9,12H,1,10-11H2,2-3H3.